The van der Waals surface area contributed by atoms with Gasteiger partial charge in [0.1, 0.15) is 11.7 Å². The molecule has 0 aliphatic heterocycles. The molecule has 1 atom stereocenters. The van der Waals surface area contributed by atoms with E-state index in [1.54, 1.807) is 18.2 Å². The summed E-state index contributed by atoms with van der Waals surface area (Å²) < 4.78 is 37.9. The van der Waals surface area contributed by atoms with E-state index in [-0.39, 0.29) is 12.1 Å². The molecule has 28 heavy (non-hydrogen) atoms. The number of rotatable bonds is 5. The predicted molar refractivity (Wildman–Crippen MR) is 97.3 cm³/mol. The summed E-state index contributed by atoms with van der Waals surface area (Å²) in [5.74, 6) is -1.39. The highest BCUT2D eigenvalue weighted by Gasteiger charge is 2.30. The third-order valence-corrected chi connectivity index (χ3v) is 4.20. The fraction of sp³-hybridized carbons (Fsp3) is 0.150. The number of amides is 2. The zero-order valence-electron chi connectivity index (χ0n) is 14.5. The van der Waals surface area contributed by atoms with E-state index >= 15 is 0 Å². The Hall–Kier alpha value is -3.42. The van der Waals surface area contributed by atoms with Crippen LogP contribution in [0.25, 0.3) is 10.9 Å². The molecule has 3 N–H and O–H groups in total. The van der Waals surface area contributed by atoms with Crippen LogP contribution < -0.4 is 11.1 Å². The van der Waals surface area contributed by atoms with Crippen molar-refractivity contribution >= 4 is 22.7 Å². The molecule has 2 aromatic carbocycles. The monoisotopic (exact) mass is 387 g/mol. The Balaban J connectivity index is 1.75. The average molecular weight is 387 g/mol. The van der Waals surface area contributed by atoms with Gasteiger partial charge in [-0.15, -0.1) is 0 Å². The molecule has 0 spiro atoms. The summed E-state index contributed by atoms with van der Waals surface area (Å²) in [6.45, 7) is 0. The standard InChI is InChI=1S/C20H16F3N3O2/c21-20(22,23)14-8-5-12(6-9-14)11-17(18(24)27)26-19(28)16-10-7-13-3-1-2-4-15(13)25-16/h1-10,17H,11H2,(H2,24,27)(H,26,28)/t17-/m0/s1. The minimum atomic E-state index is -4.45. The Morgan fingerprint density at radius 3 is 2.32 bits per heavy atom. The highest BCUT2D eigenvalue weighted by atomic mass is 19.4. The van der Waals surface area contributed by atoms with Gasteiger partial charge in [0.2, 0.25) is 5.91 Å². The van der Waals surface area contributed by atoms with Crippen molar-refractivity contribution in [2.24, 2.45) is 5.73 Å². The van der Waals surface area contributed by atoms with E-state index in [0.29, 0.717) is 11.1 Å². The third kappa shape index (κ3) is 4.46. The molecule has 5 nitrogen and oxygen atoms in total. The number of aromatic nitrogens is 1. The van der Waals surface area contributed by atoms with Crippen molar-refractivity contribution in [2.75, 3.05) is 0 Å². The van der Waals surface area contributed by atoms with E-state index in [9.17, 15) is 22.8 Å². The molecule has 2 amide bonds. The molecule has 144 valence electrons. The molecule has 0 fully saturated rings. The molecule has 1 heterocycles. The number of pyridine rings is 1. The van der Waals surface area contributed by atoms with Crippen molar-refractivity contribution in [3.8, 4) is 0 Å². The third-order valence-electron chi connectivity index (χ3n) is 4.20. The van der Waals surface area contributed by atoms with E-state index in [1.807, 2.05) is 12.1 Å². The van der Waals surface area contributed by atoms with Crippen LogP contribution in [0.2, 0.25) is 0 Å². The summed E-state index contributed by atoms with van der Waals surface area (Å²) in [4.78, 5) is 28.4. The molecule has 0 saturated carbocycles. The summed E-state index contributed by atoms with van der Waals surface area (Å²) in [6, 6.07) is 13.7. The first-order valence-corrected chi connectivity index (χ1v) is 8.36. The van der Waals surface area contributed by atoms with Gasteiger partial charge < -0.3 is 11.1 Å². The lowest BCUT2D eigenvalue weighted by Crippen LogP contribution is -2.46. The summed E-state index contributed by atoms with van der Waals surface area (Å²) in [5, 5.41) is 3.35. The van der Waals surface area contributed by atoms with Gasteiger partial charge in [-0.05, 0) is 29.8 Å². The van der Waals surface area contributed by atoms with Crippen LogP contribution in [0.15, 0.2) is 60.7 Å². The fourth-order valence-corrected chi connectivity index (χ4v) is 2.71. The van der Waals surface area contributed by atoms with Crippen LogP contribution in [0, 0.1) is 0 Å². The number of nitrogens with two attached hydrogens (primary N) is 1. The first kappa shape index (κ1) is 19.3. The number of hydrogen-bond acceptors (Lipinski definition) is 3. The van der Waals surface area contributed by atoms with Crippen LogP contribution in [0.3, 0.4) is 0 Å². The summed E-state index contributed by atoms with van der Waals surface area (Å²) in [7, 11) is 0. The zero-order chi connectivity index (χ0) is 20.3. The molecule has 0 aliphatic rings. The number of benzene rings is 2. The lowest BCUT2D eigenvalue weighted by molar-refractivity contribution is -0.137. The maximum absolute atomic E-state index is 12.6. The van der Waals surface area contributed by atoms with Crippen molar-refractivity contribution in [3.63, 3.8) is 0 Å². The Morgan fingerprint density at radius 1 is 1.00 bits per heavy atom. The molecular weight excluding hydrogens is 371 g/mol. The second-order valence-corrected chi connectivity index (χ2v) is 6.22. The van der Waals surface area contributed by atoms with Gasteiger partial charge >= 0.3 is 6.18 Å². The van der Waals surface area contributed by atoms with E-state index in [2.05, 4.69) is 10.3 Å². The minimum Gasteiger partial charge on any atom is -0.368 e. The molecule has 0 unspecified atom stereocenters. The minimum absolute atomic E-state index is 0.0349. The first-order valence-electron chi connectivity index (χ1n) is 8.36. The lowest BCUT2D eigenvalue weighted by atomic mass is 10.0. The Morgan fingerprint density at radius 2 is 1.68 bits per heavy atom. The van der Waals surface area contributed by atoms with Crippen molar-refractivity contribution in [2.45, 2.75) is 18.6 Å². The maximum atomic E-state index is 12.6. The number of fused-ring (bicyclic) bond motifs is 1. The number of halogens is 3. The summed E-state index contributed by atoms with van der Waals surface area (Å²) >= 11 is 0. The van der Waals surface area contributed by atoms with Crippen molar-refractivity contribution in [1.82, 2.24) is 10.3 Å². The number of carbonyl (C=O) groups is 2. The summed E-state index contributed by atoms with van der Waals surface area (Å²) in [6.07, 6.45) is -4.48. The normalized spacial score (nSPS) is 12.5. The Kier molecular flexibility index (Phi) is 5.30. The molecular formula is C20H16F3N3O2. The number of para-hydroxylation sites is 1. The van der Waals surface area contributed by atoms with Gasteiger partial charge in [-0.1, -0.05) is 36.4 Å². The van der Waals surface area contributed by atoms with E-state index in [0.717, 1.165) is 17.5 Å². The average Bonchev–Trinajstić information content (AvgIpc) is 2.66. The van der Waals surface area contributed by atoms with Crippen LogP contribution >= 0.6 is 0 Å². The van der Waals surface area contributed by atoms with Gasteiger partial charge in [0.25, 0.3) is 5.91 Å². The van der Waals surface area contributed by atoms with E-state index in [1.165, 1.54) is 18.2 Å². The number of nitrogens with one attached hydrogen (secondary N) is 1. The molecule has 3 aromatic rings. The number of alkyl halides is 3. The van der Waals surface area contributed by atoms with Gasteiger partial charge in [-0.2, -0.15) is 13.2 Å². The zero-order valence-corrected chi connectivity index (χ0v) is 14.5. The van der Waals surface area contributed by atoms with E-state index < -0.39 is 29.6 Å². The van der Waals surface area contributed by atoms with Crippen LogP contribution in [-0.4, -0.2) is 22.8 Å². The quantitative estimate of drug-likeness (QED) is 0.706. The van der Waals surface area contributed by atoms with Gasteiger partial charge in [0.15, 0.2) is 0 Å². The lowest BCUT2D eigenvalue weighted by Gasteiger charge is -2.16. The Bertz CT molecular complexity index is 1020. The molecule has 1 aromatic heterocycles. The van der Waals surface area contributed by atoms with Crippen molar-refractivity contribution in [3.05, 3.63) is 77.5 Å². The molecule has 0 saturated heterocycles. The fourth-order valence-electron chi connectivity index (χ4n) is 2.71. The smallest absolute Gasteiger partial charge is 0.368 e. The highest BCUT2D eigenvalue weighted by molar-refractivity contribution is 5.97. The van der Waals surface area contributed by atoms with Crippen LogP contribution in [-0.2, 0) is 17.4 Å². The van der Waals surface area contributed by atoms with Crippen molar-refractivity contribution < 1.29 is 22.8 Å². The predicted octanol–water partition coefficient (Wildman–Crippen LogP) is 3.08. The highest BCUT2D eigenvalue weighted by Crippen LogP contribution is 2.29. The topological polar surface area (TPSA) is 85.1 Å². The molecule has 3 rings (SSSR count). The molecule has 8 heteroatoms. The van der Waals surface area contributed by atoms with Crippen LogP contribution in [0.1, 0.15) is 21.6 Å². The van der Waals surface area contributed by atoms with Gasteiger partial charge in [-0.25, -0.2) is 4.98 Å². The molecule has 0 radical (unpaired) electrons. The van der Waals surface area contributed by atoms with Crippen LogP contribution in [0.4, 0.5) is 13.2 Å². The first-order chi connectivity index (χ1) is 13.2. The number of nitrogens with zero attached hydrogens (tertiary/aromatic N) is 1. The van der Waals surface area contributed by atoms with Gasteiger partial charge in [0.05, 0.1) is 11.1 Å². The van der Waals surface area contributed by atoms with E-state index in [4.69, 9.17) is 5.73 Å². The van der Waals surface area contributed by atoms with Gasteiger partial charge in [0, 0.05) is 11.8 Å². The second-order valence-electron chi connectivity index (χ2n) is 6.22. The number of carbonyl (C=O) groups excluding carboxylic acids is 2. The van der Waals surface area contributed by atoms with Crippen LogP contribution in [0.5, 0.6) is 0 Å². The number of hydrogen-bond donors (Lipinski definition) is 2. The maximum Gasteiger partial charge on any atom is 0.416 e. The van der Waals surface area contributed by atoms with Crippen molar-refractivity contribution in [1.29, 1.82) is 0 Å². The summed E-state index contributed by atoms with van der Waals surface area (Å²) in [5.41, 5.74) is 5.71. The second kappa shape index (κ2) is 7.67. The largest absolute Gasteiger partial charge is 0.416 e. The number of primary amides is 1. The van der Waals surface area contributed by atoms with Gasteiger partial charge in [-0.3, -0.25) is 9.59 Å². The SMILES string of the molecule is NC(=O)[C@H](Cc1ccc(C(F)(F)F)cc1)NC(=O)c1ccc2ccccc2n1. The molecule has 0 aliphatic carbocycles. The Labute approximate surface area is 158 Å². The molecule has 0 bridgehead atoms.